The summed E-state index contributed by atoms with van der Waals surface area (Å²) in [5.41, 5.74) is 11.9. The van der Waals surface area contributed by atoms with E-state index in [4.69, 9.17) is 0 Å². The SMILES string of the molecule is Cc1cccc(N(c2ccc(C=NNc3nc(-c4ccccc4)cs3)cc2)c2cccc(C)c2)c1. The molecular weight excluding hydrogens is 448 g/mol. The first-order chi connectivity index (χ1) is 17.2. The van der Waals surface area contributed by atoms with Crippen molar-refractivity contribution in [3.05, 3.63) is 125 Å². The number of benzene rings is 4. The van der Waals surface area contributed by atoms with Gasteiger partial charge in [-0.2, -0.15) is 5.10 Å². The standard InChI is InChI=1S/C30H26N4S/c1-22-8-6-12-27(18-22)34(28-13-7-9-23(2)19-28)26-16-14-24(15-17-26)20-31-33-30-32-29(21-35-30)25-10-4-3-5-11-25/h3-21H,1-2H3,(H,32,33). The van der Waals surface area contributed by atoms with Crippen molar-refractivity contribution in [2.75, 3.05) is 10.3 Å². The summed E-state index contributed by atoms with van der Waals surface area (Å²) in [6.07, 6.45) is 1.82. The molecule has 0 spiro atoms. The van der Waals surface area contributed by atoms with Crippen molar-refractivity contribution in [1.29, 1.82) is 0 Å². The van der Waals surface area contributed by atoms with E-state index in [1.54, 1.807) is 11.3 Å². The fourth-order valence-electron chi connectivity index (χ4n) is 3.92. The number of thiazole rings is 1. The lowest BCUT2D eigenvalue weighted by Gasteiger charge is -2.26. The summed E-state index contributed by atoms with van der Waals surface area (Å²) in [6, 6.07) is 35.7. The Morgan fingerprint density at radius 2 is 1.40 bits per heavy atom. The lowest BCUT2D eigenvalue weighted by Crippen LogP contribution is -2.10. The highest BCUT2D eigenvalue weighted by Gasteiger charge is 2.12. The number of nitrogens with one attached hydrogen (secondary N) is 1. The van der Waals surface area contributed by atoms with Gasteiger partial charge in [0.1, 0.15) is 0 Å². The van der Waals surface area contributed by atoms with E-state index in [1.807, 2.05) is 29.8 Å². The van der Waals surface area contributed by atoms with E-state index >= 15 is 0 Å². The molecule has 0 fully saturated rings. The van der Waals surface area contributed by atoms with Gasteiger partial charge in [-0.1, -0.05) is 66.7 Å². The van der Waals surface area contributed by atoms with Gasteiger partial charge in [-0.3, -0.25) is 5.43 Å². The van der Waals surface area contributed by atoms with Crippen LogP contribution < -0.4 is 10.3 Å². The first-order valence-electron chi connectivity index (χ1n) is 11.5. The normalized spacial score (nSPS) is 11.0. The van der Waals surface area contributed by atoms with Gasteiger partial charge in [0.15, 0.2) is 0 Å². The van der Waals surface area contributed by atoms with Crippen LogP contribution in [0.3, 0.4) is 0 Å². The van der Waals surface area contributed by atoms with Crippen molar-refractivity contribution < 1.29 is 0 Å². The lowest BCUT2D eigenvalue weighted by atomic mass is 10.1. The quantitative estimate of drug-likeness (QED) is 0.190. The molecule has 5 aromatic rings. The average molecular weight is 475 g/mol. The minimum absolute atomic E-state index is 0.766. The molecule has 0 aliphatic rings. The maximum absolute atomic E-state index is 4.62. The summed E-state index contributed by atoms with van der Waals surface area (Å²) in [5, 5.41) is 7.19. The first kappa shape index (κ1) is 22.6. The number of nitrogens with zero attached hydrogens (tertiary/aromatic N) is 3. The summed E-state index contributed by atoms with van der Waals surface area (Å²) < 4.78 is 0. The first-order valence-corrected chi connectivity index (χ1v) is 12.4. The van der Waals surface area contributed by atoms with Crippen LogP contribution in [0.15, 0.2) is 114 Å². The monoisotopic (exact) mass is 474 g/mol. The molecule has 0 aliphatic heterocycles. The Balaban J connectivity index is 1.34. The van der Waals surface area contributed by atoms with Gasteiger partial charge < -0.3 is 4.90 Å². The zero-order chi connectivity index (χ0) is 24.0. The third-order valence-electron chi connectivity index (χ3n) is 5.62. The Morgan fingerprint density at radius 1 is 0.743 bits per heavy atom. The van der Waals surface area contributed by atoms with E-state index in [2.05, 4.69) is 119 Å². The van der Waals surface area contributed by atoms with Gasteiger partial charge in [-0.15, -0.1) is 11.3 Å². The molecule has 1 aromatic heterocycles. The molecule has 5 rings (SSSR count). The average Bonchev–Trinajstić information content (AvgIpc) is 3.35. The number of aryl methyl sites for hydroxylation is 2. The molecule has 0 aliphatic carbocycles. The van der Waals surface area contributed by atoms with E-state index in [9.17, 15) is 0 Å². The Hall–Kier alpha value is -4.22. The molecule has 0 unspecified atom stereocenters. The molecule has 1 heterocycles. The van der Waals surface area contributed by atoms with Crippen LogP contribution >= 0.6 is 11.3 Å². The predicted octanol–water partition coefficient (Wildman–Crippen LogP) is 8.34. The Morgan fingerprint density at radius 3 is 2.03 bits per heavy atom. The number of rotatable bonds is 7. The van der Waals surface area contributed by atoms with E-state index in [0.29, 0.717) is 0 Å². The third-order valence-corrected chi connectivity index (χ3v) is 6.37. The minimum Gasteiger partial charge on any atom is -0.310 e. The fraction of sp³-hybridized carbons (Fsp3) is 0.0667. The molecule has 0 radical (unpaired) electrons. The Kier molecular flexibility index (Phi) is 6.68. The van der Waals surface area contributed by atoms with Gasteiger partial charge in [0, 0.05) is 28.0 Å². The van der Waals surface area contributed by atoms with E-state index < -0.39 is 0 Å². The van der Waals surface area contributed by atoms with Crippen molar-refractivity contribution in [2.45, 2.75) is 13.8 Å². The molecule has 0 atom stereocenters. The van der Waals surface area contributed by atoms with Crippen LogP contribution in [-0.2, 0) is 0 Å². The van der Waals surface area contributed by atoms with Gasteiger partial charge in [0.05, 0.1) is 11.9 Å². The van der Waals surface area contributed by atoms with Crippen molar-refractivity contribution in [3.8, 4) is 11.3 Å². The summed E-state index contributed by atoms with van der Waals surface area (Å²) in [6.45, 7) is 4.24. The van der Waals surface area contributed by atoms with E-state index in [-0.39, 0.29) is 0 Å². The van der Waals surface area contributed by atoms with Gasteiger partial charge in [0.25, 0.3) is 0 Å². The van der Waals surface area contributed by atoms with Crippen LogP contribution in [0.4, 0.5) is 22.2 Å². The van der Waals surface area contributed by atoms with E-state index in [1.165, 1.54) is 11.1 Å². The number of aromatic nitrogens is 1. The molecule has 35 heavy (non-hydrogen) atoms. The van der Waals surface area contributed by atoms with Crippen LogP contribution in [0.25, 0.3) is 11.3 Å². The number of hydrazone groups is 1. The number of hydrogen-bond acceptors (Lipinski definition) is 5. The summed E-state index contributed by atoms with van der Waals surface area (Å²) in [7, 11) is 0. The van der Waals surface area contributed by atoms with Crippen LogP contribution in [-0.4, -0.2) is 11.2 Å². The minimum atomic E-state index is 0.766. The zero-order valence-electron chi connectivity index (χ0n) is 19.7. The lowest BCUT2D eigenvalue weighted by molar-refractivity contribution is 1.26. The van der Waals surface area contributed by atoms with Crippen molar-refractivity contribution >= 4 is 39.7 Å². The van der Waals surface area contributed by atoms with Gasteiger partial charge in [-0.05, 0) is 66.9 Å². The maximum atomic E-state index is 4.62. The molecule has 172 valence electrons. The van der Waals surface area contributed by atoms with Crippen LogP contribution in [0.2, 0.25) is 0 Å². The molecule has 0 saturated carbocycles. The molecule has 0 bridgehead atoms. The summed E-state index contributed by atoms with van der Waals surface area (Å²) in [5.74, 6) is 0. The zero-order valence-corrected chi connectivity index (χ0v) is 20.5. The third kappa shape index (κ3) is 5.48. The predicted molar refractivity (Wildman–Crippen MR) is 149 cm³/mol. The molecular formula is C30H26N4S. The molecule has 4 aromatic carbocycles. The maximum Gasteiger partial charge on any atom is 0.203 e. The Labute approximate surface area is 210 Å². The van der Waals surface area contributed by atoms with Gasteiger partial charge in [-0.25, -0.2) is 4.98 Å². The highest BCUT2D eigenvalue weighted by atomic mass is 32.1. The fourth-order valence-corrected chi connectivity index (χ4v) is 4.59. The van der Waals surface area contributed by atoms with E-state index in [0.717, 1.165) is 39.0 Å². The van der Waals surface area contributed by atoms with Crippen LogP contribution in [0.1, 0.15) is 16.7 Å². The van der Waals surface area contributed by atoms with Crippen molar-refractivity contribution in [1.82, 2.24) is 4.98 Å². The topological polar surface area (TPSA) is 40.5 Å². The number of hydrogen-bond donors (Lipinski definition) is 1. The van der Waals surface area contributed by atoms with Crippen LogP contribution in [0.5, 0.6) is 0 Å². The van der Waals surface area contributed by atoms with Crippen molar-refractivity contribution in [2.24, 2.45) is 5.10 Å². The molecule has 1 N–H and O–H groups in total. The molecule has 5 heteroatoms. The largest absolute Gasteiger partial charge is 0.310 e. The second kappa shape index (κ2) is 10.4. The van der Waals surface area contributed by atoms with Gasteiger partial charge >= 0.3 is 0 Å². The molecule has 0 amide bonds. The molecule has 0 saturated heterocycles. The second-order valence-corrected chi connectivity index (χ2v) is 9.24. The highest BCUT2D eigenvalue weighted by Crippen LogP contribution is 2.35. The van der Waals surface area contributed by atoms with Gasteiger partial charge in [0.2, 0.25) is 5.13 Å². The second-order valence-electron chi connectivity index (χ2n) is 8.38. The van der Waals surface area contributed by atoms with Crippen molar-refractivity contribution in [3.63, 3.8) is 0 Å². The molecule has 4 nitrogen and oxygen atoms in total. The highest BCUT2D eigenvalue weighted by molar-refractivity contribution is 7.14. The summed E-state index contributed by atoms with van der Waals surface area (Å²) in [4.78, 5) is 6.89. The number of anilines is 4. The van der Waals surface area contributed by atoms with Crippen LogP contribution in [0, 0.1) is 13.8 Å². The summed E-state index contributed by atoms with van der Waals surface area (Å²) >= 11 is 1.54. The Bertz CT molecular complexity index is 1390. The smallest absolute Gasteiger partial charge is 0.203 e.